The van der Waals surface area contributed by atoms with Crippen LogP contribution in [0.3, 0.4) is 0 Å². The van der Waals surface area contributed by atoms with Gasteiger partial charge in [-0.3, -0.25) is 0 Å². The van der Waals surface area contributed by atoms with Crippen molar-refractivity contribution in [2.45, 2.75) is 20.5 Å². The number of benzene rings is 3. The molecule has 0 fully saturated rings. The Bertz CT molecular complexity index is 1250. The quantitative estimate of drug-likeness (QED) is 0.225. The number of aryl methyl sites for hydroxylation is 2. The van der Waals surface area contributed by atoms with E-state index < -0.39 is 5.97 Å². The van der Waals surface area contributed by atoms with Gasteiger partial charge >= 0.3 is 5.97 Å². The van der Waals surface area contributed by atoms with Gasteiger partial charge in [0, 0.05) is 9.13 Å². The Kier molecular flexibility index (Phi) is 6.60. The maximum atomic E-state index is 12.4. The lowest BCUT2D eigenvalue weighted by atomic mass is 10.1. The number of ether oxygens (including phenoxy) is 3. The molecule has 1 aliphatic heterocycles. The molecular formula is C26H22INO4. The summed E-state index contributed by atoms with van der Waals surface area (Å²) < 4.78 is 18.0. The fourth-order valence-corrected chi connectivity index (χ4v) is 3.62. The molecule has 32 heavy (non-hydrogen) atoms. The fraction of sp³-hybridized carbons (Fsp3) is 0.154. The second-order valence-corrected chi connectivity index (χ2v) is 8.59. The van der Waals surface area contributed by atoms with Crippen LogP contribution >= 0.6 is 22.6 Å². The molecule has 0 N–H and O–H groups in total. The van der Waals surface area contributed by atoms with Crippen LogP contribution in [-0.4, -0.2) is 19.0 Å². The van der Waals surface area contributed by atoms with Gasteiger partial charge in [-0.05, 0) is 95.1 Å². The van der Waals surface area contributed by atoms with Crippen LogP contribution in [0.5, 0.6) is 11.5 Å². The summed E-state index contributed by atoms with van der Waals surface area (Å²) in [5.74, 6) is 1.04. The maximum absolute atomic E-state index is 12.4. The summed E-state index contributed by atoms with van der Waals surface area (Å²) in [6.45, 7) is 4.51. The largest absolute Gasteiger partial charge is 0.493 e. The highest BCUT2D eigenvalue weighted by molar-refractivity contribution is 14.1. The van der Waals surface area contributed by atoms with E-state index in [1.165, 1.54) is 5.56 Å². The fourth-order valence-electron chi connectivity index (χ4n) is 3.29. The molecule has 0 bridgehead atoms. The molecule has 3 aromatic rings. The van der Waals surface area contributed by atoms with Crippen molar-refractivity contribution >= 4 is 40.5 Å². The summed E-state index contributed by atoms with van der Waals surface area (Å²) in [5, 5.41) is 0. The average molecular weight is 539 g/mol. The third-order valence-corrected chi connectivity index (χ3v) is 6.37. The number of carbonyl (C=O) groups is 1. The molecule has 1 heterocycles. The second-order valence-electron chi connectivity index (χ2n) is 7.43. The predicted molar refractivity (Wildman–Crippen MR) is 133 cm³/mol. The first-order valence-electron chi connectivity index (χ1n) is 10.1. The van der Waals surface area contributed by atoms with E-state index in [9.17, 15) is 4.79 Å². The van der Waals surface area contributed by atoms with E-state index in [1.807, 2.05) is 61.5 Å². The number of esters is 1. The van der Waals surface area contributed by atoms with Crippen LogP contribution in [0.1, 0.15) is 27.8 Å². The zero-order valence-corrected chi connectivity index (χ0v) is 20.2. The van der Waals surface area contributed by atoms with Crippen molar-refractivity contribution in [3.05, 3.63) is 97.7 Å². The lowest BCUT2D eigenvalue weighted by Crippen LogP contribution is -2.05. The van der Waals surface area contributed by atoms with Crippen LogP contribution in [0.2, 0.25) is 0 Å². The van der Waals surface area contributed by atoms with Gasteiger partial charge in [-0.25, -0.2) is 9.79 Å². The van der Waals surface area contributed by atoms with Crippen LogP contribution in [0.25, 0.3) is 6.08 Å². The summed E-state index contributed by atoms with van der Waals surface area (Å²) in [5.41, 5.74) is 5.17. The molecule has 1 aliphatic rings. The van der Waals surface area contributed by atoms with Gasteiger partial charge in [-0.15, -0.1) is 0 Å². The maximum Gasteiger partial charge on any atom is 0.363 e. The normalized spacial score (nSPS) is 14.3. The first-order chi connectivity index (χ1) is 15.4. The minimum Gasteiger partial charge on any atom is -0.493 e. The number of carbonyl (C=O) groups excluding carboxylic acids is 1. The van der Waals surface area contributed by atoms with E-state index in [0.29, 0.717) is 24.0 Å². The van der Waals surface area contributed by atoms with Crippen molar-refractivity contribution in [3.8, 4) is 11.5 Å². The van der Waals surface area contributed by atoms with Crippen LogP contribution < -0.4 is 9.47 Å². The topological polar surface area (TPSA) is 57.1 Å². The van der Waals surface area contributed by atoms with Crippen LogP contribution in [-0.2, 0) is 16.1 Å². The molecule has 0 saturated carbocycles. The van der Waals surface area contributed by atoms with E-state index in [1.54, 1.807) is 13.2 Å². The number of cyclic esters (lactones) is 1. The van der Waals surface area contributed by atoms with Crippen molar-refractivity contribution in [3.63, 3.8) is 0 Å². The minimum absolute atomic E-state index is 0.242. The minimum atomic E-state index is -0.477. The molecule has 0 aliphatic carbocycles. The lowest BCUT2D eigenvalue weighted by molar-refractivity contribution is -0.129. The Balaban J connectivity index is 1.55. The van der Waals surface area contributed by atoms with E-state index >= 15 is 0 Å². The van der Waals surface area contributed by atoms with Gasteiger partial charge in [0.05, 0.1) is 7.11 Å². The van der Waals surface area contributed by atoms with Crippen molar-refractivity contribution < 1.29 is 19.0 Å². The number of hydrogen-bond donors (Lipinski definition) is 0. The molecule has 0 spiro atoms. The van der Waals surface area contributed by atoms with Crippen molar-refractivity contribution in [2.24, 2.45) is 4.99 Å². The summed E-state index contributed by atoms with van der Waals surface area (Å²) in [6, 6.07) is 19.4. The first kappa shape index (κ1) is 22.1. The summed E-state index contributed by atoms with van der Waals surface area (Å²) in [4.78, 5) is 16.8. The molecule has 5 nitrogen and oxygen atoms in total. The molecule has 0 unspecified atom stereocenters. The predicted octanol–water partition coefficient (Wildman–Crippen LogP) is 5.84. The van der Waals surface area contributed by atoms with Gasteiger partial charge < -0.3 is 14.2 Å². The first-order valence-corrected chi connectivity index (χ1v) is 11.2. The van der Waals surface area contributed by atoms with Gasteiger partial charge in [-0.1, -0.05) is 30.3 Å². The molecule has 0 aromatic heterocycles. The van der Waals surface area contributed by atoms with E-state index in [0.717, 1.165) is 25.8 Å². The highest BCUT2D eigenvalue weighted by Crippen LogP contribution is 2.31. The number of methoxy groups -OCH3 is 1. The SMILES string of the molecule is COc1cc(/C=C2\N=C(c3ccc(I)c(C)c3)OC2=O)ccc1OCc1ccccc1C. The van der Waals surface area contributed by atoms with Crippen molar-refractivity contribution in [1.82, 2.24) is 0 Å². The lowest BCUT2D eigenvalue weighted by Gasteiger charge is -2.12. The van der Waals surface area contributed by atoms with Crippen LogP contribution in [0.15, 0.2) is 71.4 Å². The van der Waals surface area contributed by atoms with Gasteiger partial charge in [0.25, 0.3) is 0 Å². The smallest absolute Gasteiger partial charge is 0.363 e. The molecule has 4 rings (SSSR count). The molecule has 0 atom stereocenters. The van der Waals surface area contributed by atoms with Crippen molar-refractivity contribution in [2.75, 3.05) is 7.11 Å². The summed E-state index contributed by atoms with van der Waals surface area (Å²) in [6.07, 6.45) is 1.68. The monoisotopic (exact) mass is 539 g/mol. The number of halogens is 1. The molecular weight excluding hydrogens is 517 g/mol. The number of hydrogen-bond acceptors (Lipinski definition) is 5. The average Bonchev–Trinajstić information content (AvgIpc) is 3.15. The number of rotatable bonds is 6. The van der Waals surface area contributed by atoms with Gasteiger partial charge in [0.1, 0.15) is 6.61 Å². The molecule has 0 saturated heterocycles. The summed E-state index contributed by atoms with van der Waals surface area (Å²) in [7, 11) is 1.59. The second kappa shape index (κ2) is 9.56. The van der Waals surface area contributed by atoms with Crippen molar-refractivity contribution in [1.29, 1.82) is 0 Å². The Morgan fingerprint density at radius 2 is 1.81 bits per heavy atom. The summed E-state index contributed by atoms with van der Waals surface area (Å²) >= 11 is 2.27. The van der Waals surface area contributed by atoms with Crippen LogP contribution in [0, 0.1) is 17.4 Å². The molecule has 0 amide bonds. The number of aliphatic imine (C=N–C) groups is 1. The molecule has 162 valence electrons. The van der Waals surface area contributed by atoms with E-state index in [2.05, 4.69) is 40.6 Å². The zero-order valence-electron chi connectivity index (χ0n) is 18.0. The van der Waals surface area contributed by atoms with Crippen LogP contribution in [0.4, 0.5) is 0 Å². The van der Waals surface area contributed by atoms with Gasteiger partial charge in [0.15, 0.2) is 17.2 Å². The standard InChI is InChI=1S/C26H22INO4/c1-16-6-4-5-7-20(16)15-31-23-11-8-18(14-24(23)30-3)13-22-26(29)32-25(28-22)19-9-10-21(27)17(2)12-19/h4-14H,15H2,1-3H3/b22-13-. The Hall–Kier alpha value is -3.13. The number of nitrogens with zero attached hydrogens (tertiary/aromatic N) is 1. The van der Waals surface area contributed by atoms with E-state index in [4.69, 9.17) is 14.2 Å². The van der Waals surface area contributed by atoms with E-state index in [-0.39, 0.29) is 5.70 Å². The molecule has 6 heteroatoms. The molecule has 0 radical (unpaired) electrons. The Morgan fingerprint density at radius 3 is 2.56 bits per heavy atom. The van der Waals surface area contributed by atoms with Gasteiger partial charge in [0.2, 0.25) is 5.90 Å². The third kappa shape index (κ3) is 4.85. The highest BCUT2D eigenvalue weighted by atomic mass is 127. The third-order valence-electron chi connectivity index (χ3n) is 5.16. The highest BCUT2D eigenvalue weighted by Gasteiger charge is 2.24. The Morgan fingerprint density at radius 1 is 1.00 bits per heavy atom. The van der Waals surface area contributed by atoms with Gasteiger partial charge in [-0.2, -0.15) is 0 Å². The zero-order chi connectivity index (χ0) is 22.7. The Labute approximate surface area is 200 Å². The molecule has 3 aromatic carbocycles.